The van der Waals surface area contributed by atoms with Gasteiger partial charge in [0.15, 0.2) is 12.2 Å². The molecule has 0 aromatic rings. The van der Waals surface area contributed by atoms with Gasteiger partial charge in [-0.15, -0.1) is 0 Å². The van der Waals surface area contributed by atoms with E-state index >= 15 is 0 Å². The zero-order chi connectivity index (χ0) is 77.4. The van der Waals surface area contributed by atoms with Gasteiger partial charge in [0.25, 0.3) is 0 Å². The summed E-state index contributed by atoms with van der Waals surface area (Å²) in [7, 11) is -10.0. The molecule has 5 unspecified atom stereocenters. The van der Waals surface area contributed by atoms with Crippen molar-refractivity contribution in [2.75, 3.05) is 39.6 Å². The minimum absolute atomic E-state index is 0.0308. The summed E-state index contributed by atoms with van der Waals surface area (Å²) < 4.78 is 68.5. The van der Waals surface area contributed by atoms with Crippen molar-refractivity contribution in [3.05, 3.63) is 182 Å². The molecule has 0 aliphatic heterocycles. The molecule has 0 aliphatic carbocycles. The average Bonchev–Trinajstić information content (AvgIpc) is 0.928. The van der Waals surface area contributed by atoms with Crippen LogP contribution >= 0.6 is 15.6 Å². The van der Waals surface area contributed by atoms with E-state index in [1.54, 1.807) is 0 Å². The maximum Gasteiger partial charge on any atom is 0.472 e. The highest BCUT2D eigenvalue weighted by Gasteiger charge is 2.30. The molecule has 0 spiro atoms. The van der Waals surface area contributed by atoms with Gasteiger partial charge >= 0.3 is 39.5 Å². The molecule has 0 aromatic carbocycles. The van der Waals surface area contributed by atoms with Crippen LogP contribution in [0.5, 0.6) is 0 Å². The number of ether oxygens (including phenoxy) is 4. The standard InChI is InChI=1S/C87H140O17P2/c1-5-9-13-17-21-25-29-33-37-39-40-42-46-48-52-56-60-64-68-72-85(90)98-78-83(104-87(92)74-70-66-62-58-54-50-44-36-32-28-24-20-16-12-8-4)80-102-106(95,96)100-76-81(88)75-99-105(93,94)101-79-82(103-86(91)73-69-65-61-57-53-49-43-35-31-27-23-19-15-11-7-3)77-97-84(89)71-67-63-59-55-51-47-45-41-38-34-30-26-22-18-14-10-6-2/h9-10,12-14,16,21-28,33-38,40,42-45,47,54-55,58-59,81-83,88H,5-8,11,15,17-20,29-32,39,41,46,48-53,56-57,60-80H2,1-4H3,(H,93,94)(H,95,96)/b13-9-,14-10-,16-12-,25-21-,26-22-,27-23-,28-24-,37-33-,38-34-,42-40-,43-35-,44-36-,47-45-,58-54-,59-55-. The molecular weight excluding hydrogens is 1380 g/mol. The van der Waals surface area contributed by atoms with Gasteiger partial charge in [-0.2, -0.15) is 0 Å². The number of hydrogen-bond acceptors (Lipinski definition) is 15. The van der Waals surface area contributed by atoms with Crippen molar-refractivity contribution in [3.8, 4) is 0 Å². The van der Waals surface area contributed by atoms with Gasteiger partial charge in [0, 0.05) is 25.7 Å². The van der Waals surface area contributed by atoms with Gasteiger partial charge in [0.05, 0.1) is 26.4 Å². The third-order valence-corrected chi connectivity index (χ3v) is 17.7. The van der Waals surface area contributed by atoms with Crippen molar-refractivity contribution < 1.29 is 80.2 Å². The topological polar surface area (TPSA) is 237 Å². The molecule has 0 saturated carbocycles. The maximum atomic E-state index is 13.1. The Hall–Kier alpha value is -5.84. The highest BCUT2D eigenvalue weighted by Crippen LogP contribution is 2.45. The van der Waals surface area contributed by atoms with Crippen LogP contribution in [0.25, 0.3) is 0 Å². The highest BCUT2D eigenvalue weighted by molar-refractivity contribution is 7.47. The van der Waals surface area contributed by atoms with Crippen LogP contribution in [0.1, 0.15) is 285 Å². The number of aliphatic hydroxyl groups is 1. The lowest BCUT2D eigenvalue weighted by Crippen LogP contribution is -2.30. The van der Waals surface area contributed by atoms with Crippen LogP contribution in [-0.2, 0) is 65.4 Å². The van der Waals surface area contributed by atoms with Crippen LogP contribution in [0, 0.1) is 0 Å². The van der Waals surface area contributed by atoms with Crippen molar-refractivity contribution in [2.45, 2.75) is 303 Å². The minimum atomic E-state index is -5.01. The fourth-order valence-electron chi connectivity index (χ4n) is 9.85. The molecule has 0 rings (SSSR count). The summed E-state index contributed by atoms with van der Waals surface area (Å²) >= 11 is 0. The number of carbonyl (C=O) groups is 4. The predicted octanol–water partition coefficient (Wildman–Crippen LogP) is 23.6. The highest BCUT2D eigenvalue weighted by atomic mass is 31.2. The number of esters is 4. The summed E-state index contributed by atoms with van der Waals surface area (Å²) in [6.07, 6.45) is 93.1. The number of unbranched alkanes of at least 4 members (excludes halogenated alkanes) is 17. The number of allylic oxidation sites excluding steroid dienone is 30. The summed E-state index contributed by atoms with van der Waals surface area (Å²) in [4.78, 5) is 73.0. The van der Waals surface area contributed by atoms with E-state index in [0.717, 1.165) is 173 Å². The van der Waals surface area contributed by atoms with E-state index in [9.17, 15) is 43.2 Å². The molecule has 0 aromatic heterocycles. The summed E-state index contributed by atoms with van der Waals surface area (Å²) in [5.74, 6) is -2.34. The summed E-state index contributed by atoms with van der Waals surface area (Å²) in [5, 5.41) is 10.6. The lowest BCUT2D eigenvalue weighted by molar-refractivity contribution is -0.161. The van der Waals surface area contributed by atoms with Gasteiger partial charge in [-0.1, -0.05) is 268 Å². The molecule has 600 valence electrons. The fourth-order valence-corrected chi connectivity index (χ4v) is 11.4. The molecule has 5 atom stereocenters. The predicted molar refractivity (Wildman–Crippen MR) is 436 cm³/mol. The SMILES string of the molecule is CC/C=C\C/C=C\C/C=C\C/C=C\C/C=C\CCCC(=O)OCC(COP(=O)(O)OCC(O)COP(=O)(O)OCC(COC(=O)CCCCCCCC/C=C\C/C=C\C/C=C\C/C=C\CC)OC(=O)CCCC/C=C\C/C=C\C/C=C\C/C=C\CC)OC(=O)CCCCCCC/C=C\C/C=C\CCCCC. The van der Waals surface area contributed by atoms with Crippen LogP contribution in [0.2, 0.25) is 0 Å². The first kappa shape index (κ1) is 100. The Morgan fingerprint density at radius 3 is 0.811 bits per heavy atom. The van der Waals surface area contributed by atoms with Crippen molar-refractivity contribution in [1.29, 1.82) is 0 Å². The number of hydrogen-bond donors (Lipinski definition) is 3. The monoisotopic (exact) mass is 1520 g/mol. The molecule has 0 saturated heterocycles. The zero-order valence-corrected chi connectivity index (χ0v) is 67.3. The van der Waals surface area contributed by atoms with E-state index in [0.29, 0.717) is 38.5 Å². The Balaban J connectivity index is 5.48. The van der Waals surface area contributed by atoms with Crippen LogP contribution in [-0.4, -0.2) is 96.7 Å². The molecular formula is C87H140O17P2. The fraction of sp³-hybridized carbons (Fsp3) is 0.609. The molecule has 0 radical (unpaired) electrons. The van der Waals surface area contributed by atoms with Gasteiger partial charge in [-0.25, -0.2) is 9.13 Å². The summed E-state index contributed by atoms with van der Waals surface area (Å²) in [6, 6.07) is 0. The van der Waals surface area contributed by atoms with E-state index in [1.165, 1.54) is 19.3 Å². The van der Waals surface area contributed by atoms with Gasteiger partial charge < -0.3 is 33.8 Å². The van der Waals surface area contributed by atoms with Gasteiger partial charge in [0.2, 0.25) is 0 Å². The van der Waals surface area contributed by atoms with Gasteiger partial charge in [-0.3, -0.25) is 37.3 Å². The van der Waals surface area contributed by atoms with Crippen LogP contribution in [0.15, 0.2) is 182 Å². The van der Waals surface area contributed by atoms with Crippen LogP contribution in [0.3, 0.4) is 0 Å². The van der Waals surface area contributed by atoms with E-state index in [-0.39, 0.29) is 25.7 Å². The van der Waals surface area contributed by atoms with E-state index in [4.69, 9.17) is 37.0 Å². The molecule has 17 nitrogen and oxygen atoms in total. The largest absolute Gasteiger partial charge is 0.472 e. The molecule has 3 N–H and O–H groups in total. The smallest absolute Gasteiger partial charge is 0.462 e. The molecule has 0 aliphatic rings. The Labute approximate surface area is 641 Å². The van der Waals surface area contributed by atoms with E-state index in [1.807, 2.05) is 12.2 Å². The molecule has 19 heteroatoms. The first-order valence-corrected chi connectivity index (χ1v) is 43.0. The number of rotatable bonds is 73. The molecule has 0 amide bonds. The van der Waals surface area contributed by atoms with Crippen molar-refractivity contribution in [2.24, 2.45) is 0 Å². The zero-order valence-electron chi connectivity index (χ0n) is 65.5. The number of aliphatic hydroxyl groups excluding tert-OH is 1. The lowest BCUT2D eigenvalue weighted by atomic mass is 10.1. The van der Waals surface area contributed by atoms with Crippen LogP contribution in [0.4, 0.5) is 0 Å². The first-order chi connectivity index (χ1) is 51.7. The Morgan fingerprint density at radius 2 is 0.500 bits per heavy atom. The Kier molecular flexibility index (Phi) is 73.1. The lowest BCUT2D eigenvalue weighted by Gasteiger charge is -2.21. The average molecular weight is 1520 g/mol. The second-order valence-corrected chi connectivity index (χ2v) is 28.8. The number of phosphoric acid groups is 2. The maximum absolute atomic E-state index is 13.1. The quantitative estimate of drug-likeness (QED) is 0.0169. The van der Waals surface area contributed by atoms with Crippen molar-refractivity contribution in [3.63, 3.8) is 0 Å². The molecule has 0 bridgehead atoms. The molecule has 0 heterocycles. The molecule has 0 fully saturated rings. The molecule has 106 heavy (non-hydrogen) atoms. The van der Waals surface area contributed by atoms with Gasteiger partial charge in [-0.05, 0) is 173 Å². The Bertz CT molecular complexity index is 2730. The second-order valence-electron chi connectivity index (χ2n) is 25.9. The number of phosphoric ester groups is 2. The van der Waals surface area contributed by atoms with Crippen LogP contribution < -0.4 is 0 Å². The summed E-state index contributed by atoms with van der Waals surface area (Å²) in [6.45, 7) is 4.34. The second kappa shape index (κ2) is 77.3. The first-order valence-electron chi connectivity index (χ1n) is 40.0. The van der Waals surface area contributed by atoms with E-state index in [2.05, 4.69) is 198 Å². The van der Waals surface area contributed by atoms with Crippen molar-refractivity contribution in [1.82, 2.24) is 0 Å². The Morgan fingerprint density at radius 1 is 0.274 bits per heavy atom. The van der Waals surface area contributed by atoms with Gasteiger partial charge in [0.1, 0.15) is 19.3 Å². The minimum Gasteiger partial charge on any atom is -0.462 e. The van der Waals surface area contributed by atoms with E-state index < -0.39 is 97.5 Å². The van der Waals surface area contributed by atoms with Crippen molar-refractivity contribution >= 4 is 39.5 Å². The summed E-state index contributed by atoms with van der Waals surface area (Å²) in [5.41, 5.74) is 0. The number of carbonyl (C=O) groups excluding carboxylic acids is 4. The third-order valence-electron chi connectivity index (χ3n) is 15.8. The third kappa shape index (κ3) is 76.4. The normalized spacial score (nSPS) is 14.8.